The number of aromatic nitrogens is 1. The van der Waals surface area contributed by atoms with Gasteiger partial charge < -0.3 is 0 Å². The number of aryl methyl sites for hydroxylation is 1. The van der Waals surface area contributed by atoms with Gasteiger partial charge in [0.05, 0.1) is 5.71 Å². The lowest BCUT2D eigenvalue weighted by Crippen LogP contribution is -2.20. The second kappa shape index (κ2) is 6.40. The number of carbonyl (C=O) groups is 1. The molecular weight excluding hydrogens is 286 g/mol. The summed E-state index contributed by atoms with van der Waals surface area (Å²) in [6.07, 6.45) is 1.62. The molecule has 3 aromatic rings. The molecule has 114 valence electrons. The molecule has 0 aliphatic heterocycles. The molecule has 4 heteroatoms. The number of amides is 1. The van der Waals surface area contributed by atoms with Crippen molar-refractivity contribution in [3.8, 4) is 0 Å². The zero-order valence-corrected chi connectivity index (χ0v) is 13.1. The number of pyridine rings is 1. The monoisotopic (exact) mass is 303 g/mol. The summed E-state index contributed by atoms with van der Waals surface area (Å²) < 4.78 is 0. The van der Waals surface area contributed by atoms with Crippen LogP contribution < -0.4 is 5.43 Å². The van der Waals surface area contributed by atoms with E-state index in [2.05, 4.69) is 33.7 Å². The fraction of sp³-hybridized carbons (Fsp3) is 0.105. The lowest BCUT2D eigenvalue weighted by molar-refractivity contribution is 0.0950. The van der Waals surface area contributed by atoms with E-state index in [-0.39, 0.29) is 5.91 Å². The van der Waals surface area contributed by atoms with Gasteiger partial charge in [0.15, 0.2) is 0 Å². The Morgan fingerprint density at radius 2 is 1.83 bits per heavy atom. The van der Waals surface area contributed by atoms with E-state index in [1.54, 1.807) is 12.3 Å². The molecule has 23 heavy (non-hydrogen) atoms. The van der Waals surface area contributed by atoms with E-state index in [9.17, 15) is 4.79 Å². The van der Waals surface area contributed by atoms with Crippen LogP contribution in [0.4, 0.5) is 0 Å². The Morgan fingerprint density at radius 3 is 2.61 bits per heavy atom. The van der Waals surface area contributed by atoms with Crippen LogP contribution in [0.1, 0.15) is 28.5 Å². The fourth-order valence-electron chi connectivity index (χ4n) is 2.33. The van der Waals surface area contributed by atoms with Crippen LogP contribution in [-0.2, 0) is 0 Å². The number of hydrogen-bond acceptors (Lipinski definition) is 3. The van der Waals surface area contributed by atoms with E-state index in [0.717, 1.165) is 22.2 Å². The second-order valence-electron chi connectivity index (χ2n) is 5.42. The van der Waals surface area contributed by atoms with Gasteiger partial charge in [-0.05, 0) is 53.9 Å². The van der Waals surface area contributed by atoms with Gasteiger partial charge in [-0.25, -0.2) is 5.43 Å². The Labute approximate surface area is 134 Å². The van der Waals surface area contributed by atoms with Crippen molar-refractivity contribution in [3.63, 3.8) is 0 Å². The number of nitrogens with one attached hydrogen (secondary N) is 1. The molecule has 2 aromatic carbocycles. The van der Waals surface area contributed by atoms with Crippen LogP contribution >= 0.6 is 0 Å². The van der Waals surface area contributed by atoms with E-state index >= 15 is 0 Å². The first-order chi connectivity index (χ1) is 11.1. The topological polar surface area (TPSA) is 54.4 Å². The Bertz CT molecular complexity index is 900. The quantitative estimate of drug-likeness (QED) is 0.592. The number of rotatable bonds is 3. The van der Waals surface area contributed by atoms with Gasteiger partial charge in [-0.15, -0.1) is 0 Å². The summed E-state index contributed by atoms with van der Waals surface area (Å²) in [7, 11) is 0. The number of fused-ring (bicyclic) bond motifs is 1. The molecule has 0 bridgehead atoms. The van der Waals surface area contributed by atoms with Gasteiger partial charge in [-0.2, -0.15) is 5.10 Å². The zero-order valence-electron chi connectivity index (χ0n) is 13.1. The molecule has 0 fully saturated rings. The third-order valence-corrected chi connectivity index (χ3v) is 3.64. The molecule has 0 aliphatic carbocycles. The summed E-state index contributed by atoms with van der Waals surface area (Å²) in [5, 5.41) is 6.51. The van der Waals surface area contributed by atoms with E-state index < -0.39 is 0 Å². The van der Waals surface area contributed by atoms with Crippen molar-refractivity contribution in [1.29, 1.82) is 0 Å². The largest absolute Gasteiger partial charge is 0.289 e. The molecule has 1 amide bonds. The van der Waals surface area contributed by atoms with Crippen molar-refractivity contribution in [2.75, 3.05) is 0 Å². The van der Waals surface area contributed by atoms with Gasteiger partial charge >= 0.3 is 0 Å². The fourth-order valence-corrected chi connectivity index (χ4v) is 2.33. The van der Waals surface area contributed by atoms with Crippen molar-refractivity contribution >= 4 is 22.4 Å². The highest BCUT2D eigenvalue weighted by Gasteiger charge is 2.06. The molecule has 0 unspecified atom stereocenters. The first kappa shape index (κ1) is 14.9. The van der Waals surface area contributed by atoms with Gasteiger partial charge in [0.2, 0.25) is 0 Å². The maximum Gasteiger partial charge on any atom is 0.289 e. The molecule has 0 aliphatic rings. The molecule has 3 rings (SSSR count). The standard InChI is InChI=1S/C19H17N3O/c1-13-9-10-20-18(11-13)19(23)22-21-14(2)16-8-7-15-5-3-4-6-17(15)12-16/h3-12H,1-2H3,(H,22,23)/b21-14+. The van der Waals surface area contributed by atoms with Crippen molar-refractivity contribution in [1.82, 2.24) is 10.4 Å². The Balaban J connectivity index is 1.79. The first-order valence-electron chi connectivity index (χ1n) is 7.40. The molecule has 4 nitrogen and oxygen atoms in total. The van der Waals surface area contributed by atoms with E-state index in [1.807, 2.05) is 44.2 Å². The summed E-state index contributed by atoms with van der Waals surface area (Å²) in [5.41, 5.74) is 5.63. The van der Waals surface area contributed by atoms with Gasteiger partial charge in [0.1, 0.15) is 5.69 Å². The highest BCUT2D eigenvalue weighted by molar-refractivity contribution is 6.03. The van der Waals surface area contributed by atoms with Gasteiger partial charge in [0, 0.05) is 6.20 Å². The Kier molecular flexibility index (Phi) is 4.15. The van der Waals surface area contributed by atoms with Crippen LogP contribution in [0.3, 0.4) is 0 Å². The molecule has 0 saturated carbocycles. The van der Waals surface area contributed by atoms with E-state index in [0.29, 0.717) is 5.69 Å². The van der Waals surface area contributed by atoms with E-state index in [1.165, 1.54) is 5.39 Å². The molecule has 1 aromatic heterocycles. The normalized spacial score (nSPS) is 11.5. The summed E-state index contributed by atoms with van der Waals surface area (Å²) in [6, 6.07) is 17.8. The number of carbonyl (C=O) groups excluding carboxylic acids is 1. The highest BCUT2D eigenvalue weighted by atomic mass is 16.2. The smallest absolute Gasteiger partial charge is 0.266 e. The lowest BCUT2D eigenvalue weighted by atomic mass is 10.0. The Hall–Kier alpha value is -3.01. The van der Waals surface area contributed by atoms with Gasteiger partial charge in [-0.1, -0.05) is 36.4 Å². The molecular formula is C19H17N3O. The average Bonchev–Trinajstić information content (AvgIpc) is 2.59. The summed E-state index contributed by atoms with van der Waals surface area (Å²) in [5.74, 6) is -0.311. The number of benzene rings is 2. The number of nitrogens with zero attached hydrogens (tertiary/aromatic N) is 2. The predicted octanol–water partition coefficient (Wildman–Crippen LogP) is 3.70. The summed E-state index contributed by atoms with van der Waals surface area (Å²) in [6.45, 7) is 3.79. The van der Waals surface area contributed by atoms with Crippen LogP contribution in [0.2, 0.25) is 0 Å². The van der Waals surface area contributed by atoms with Crippen molar-refractivity contribution < 1.29 is 4.79 Å². The van der Waals surface area contributed by atoms with Gasteiger partial charge in [0.25, 0.3) is 5.91 Å². The minimum atomic E-state index is -0.311. The van der Waals surface area contributed by atoms with Crippen LogP contribution in [0, 0.1) is 6.92 Å². The molecule has 1 N–H and O–H groups in total. The first-order valence-corrected chi connectivity index (χ1v) is 7.40. The van der Waals surface area contributed by atoms with Crippen LogP contribution in [0.15, 0.2) is 65.9 Å². The third kappa shape index (κ3) is 3.43. The van der Waals surface area contributed by atoms with Crippen LogP contribution in [-0.4, -0.2) is 16.6 Å². The SMILES string of the molecule is C/C(=N\NC(=O)c1cc(C)ccn1)c1ccc2ccccc2c1. The lowest BCUT2D eigenvalue weighted by Gasteiger charge is -2.05. The maximum atomic E-state index is 12.1. The van der Waals surface area contributed by atoms with Crippen molar-refractivity contribution in [3.05, 3.63) is 77.6 Å². The van der Waals surface area contributed by atoms with Crippen molar-refractivity contribution in [2.45, 2.75) is 13.8 Å². The third-order valence-electron chi connectivity index (χ3n) is 3.64. The number of hydrogen-bond donors (Lipinski definition) is 1. The zero-order chi connectivity index (χ0) is 16.2. The molecule has 1 heterocycles. The van der Waals surface area contributed by atoms with E-state index in [4.69, 9.17) is 0 Å². The second-order valence-corrected chi connectivity index (χ2v) is 5.42. The minimum absolute atomic E-state index is 0.311. The molecule has 0 radical (unpaired) electrons. The average molecular weight is 303 g/mol. The minimum Gasteiger partial charge on any atom is -0.266 e. The molecule has 0 saturated heterocycles. The predicted molar refractivity (Wildman–Crippen MR) is 92.6 cm³/mol. The highest BCUT2D eigenvalue weighted by Crippen LogP contribution is 2.16. The van der Waals surface area contributed by atoms with Crippen molar-refractivity contribution in [2.24, 2.45) is 5.10 Å². The van der Waals surface area contributed by atoms with Crippen LogP contribution in [0.5, 0.6) is 0 Å². The number of hydrazone groups is 1. The Morgan fingerprint density at radius 1 is 1.04 bits per heavy atom. The molecule has 0 atom stereocenters. The summed E-state index contributed by atoms with van der Waals surface area (Å²) >= 11 is 0. The van der Waals surface area contributed by atoms with Gasteiger partial charge in [-0.3, -0.25) is 9.78 Å². The molecule has 0 spiro atoms. The summed E-state index contributed by atoms with van der Waals surface area (Å²) in [4.78, 5) is 16.1. The van der Waals surface area contributed by atoms with Crippen LogP contribution in [0.25, 0.3) is 10.8 Å². The maximum absolute atomic E-state index is 12.1.